The summed E-state index contributed by atoms with van der Waals surface area (Å²) < 4.78 is 11.0. The largest absolute Gasteiger partial charge is 0.394 e. The molecule has 0 spiro atoms. The van der Waals surface area contributed by atoms with E-state index in [0.717, 1.165) is 51.4 Å². The summed E-state index contributed by atoms with van der Waals surface area (Å²) in [6.07, 6.45) is 25.7. The topological polar surface area (TPSA) is 189 Å². The number of unbranched alkanes of at least 4 members (excludes halogenated alkanes) is 24. The van der Waals surface area contributed by atoms with Gasteiger partial charge in [0.15, 0.2) is 6.29 Å². The number of hydrogen-bond donors (Lipinski definition) is 8. The fourth-order valence-electron chi connectivity index (χ4n) is 7.43. The van der Waals surface area contributed by atoms with Crippen LogP contribution in [0.3, 0.4) is 0 Å². The highest BCUT2D eigenvalue weighted by molar-refractivity contribution is 5.80. The Balaban J connectivity index is 2.36. The third-order valence-corrected chi connectivity index (χ3v) is 11.3. The van der Waals surface area contributed by atoms with Crippen molar-refractivity contribution in [2.24, 2.45) is 0 Å². The number of carbonyl (C=O) groups is 1. The quantitative estimate of drug-likeness (QED) is 0.0233. The molecular formula is C45H87NO10. The van der Waals surface area contributed by atoms with Crippen molar-refractivity contribution in [3.63, 3.8) is 0 Å². The maximum atomic E-state index is 13.0. The molecule has 1 aliphatic heterocycles. The zero-order valence-electron chi connectivity index (χ0n) is 35.6. The van der Waals surface area contributed by atoms with Crippen LogP contribution in [0.15, 0.2) is 12.2 Å². The number of amides is 1. The Kier molecular flexibility index (Phi) is 33.8. The number of ether oxygens (including phenoxy) is 2. The maximum absolute atomic E-state index is 13.0. The van der Waals surface area contributed by atoms with Crippen LogP contribution in [0.5, 0.6) is 0 Å². The van der Waals surface area contributed by atoms with Gasteiger partial charge in [-0.05, 0) is 38.5 Å². The highest BCUT2D eigenvalue weighted by Gasteiger charge is 2.44. The molecule has 0 radical (unpaired) electrons. The molecule has 9 atom stereocenters. The Bertz CT molecular complexity index is 923. The Labute approximate surface area is 341 Å². The lowest BCUT2D eigenvalue weighted by Gasteiger charge is -2.40. The average molecular weight is 802 g/mol. The van der Waals surface area contributed by atoms with Gasteiger partial charge in [0.2, 0.25) is 5.91 Å². The van der Waals surface area contributed by atoms with Gasteiger partial charge in [-0.3, -0.25) is 4.79 Å². The molecule has 1 saturated heterocycles. The van der Waals surface area contributed by atoms with Crippen LogP contribution in [0.2, 0.25) is 0 Å². The standard InChI is InChI=1S/C45H87NO10/c1-3-5-7-9-11-13-14-15-16-17-18-19-20-21-22-23-24-25-27-29-31-33-38(49)44(54)46-36(35-55-45-43(53)42(52)41(51)39(34-47)56-45)40(50)37(48)32-30-28-26-12-10-8-6-4-2/h20-21,36-43,45,47-53H,3-19,22-35H2,1-2H3,(H,46,54)/b21-20-. The summed E-state index contributed by atoms with van der Waals surface area (Å²) >= 11 is 0. The van der Waals surface area contributed by atoms with Crippen LogP contribution in [-0.4, -0.2) is 110 Å². The number of rotatable bonds is 38. The van der Waals surface area contributed by atoms with E-state index in [0.29, 0.717) is 19.3 Å². The molecule has 0 aromatic carbocycles. The lowest BCUT2D eigenvalue weighted by atomic mass is 9.98. The van der Waals surface area contributed by atoms with Crippen LogP contribution in [-0.2, 0) is 14.3 Å². The van der Waals surface area contributed by atoms with Crippen molar-refractivity contribution in [3.8, 4) is 0 Å². The molecular weight excluding hydrogens is 714 g/mol. The molecule has 8 N–H and O–H groups in total. The van der Waals surface area contributed by atoms with E-state index in [1.165, 1.54) is 109 Å². The first kappa shape index (κ1) is 52.9. The van der Waals surface area contributed by atoms with Crippen molar-refractivity contribution in [1.29, 1.82) is 0 Å². The van der Waals surface area contributed by atoms with Gasteiger partial charge in [0.05, 0.1) is 25.4 Å². The normalized spacial score (nSPS) is 22.3. The predicted molar refractivity (Wildman–Crippen MR) is 224 cm³/mol. The zero-order valence-corrected chi connectivity index (χ0v) is 35.6. The van der Waals surface area contributed by atoms with E-state index >= 15 is 0 Å². The van der Waals surface area contributed by atoms with Gasteiger partial charge in [0, 0.05) is 0 Å². The second-order valence-corrected chi connectivity index (χ2v) is 16.5. The van der Waals surface area contributed by atoms with Gasteiger partial charge in [-0.2, -0.15) is 0 Å². The van der Waals surface area contributed by atoms with Gasteiger partial charge in [-0.1, -0.05) is 174 Å². The minimum atomic E-state index is -1.66. The molecule has 1 amide bonds. The van der Waals surface area contributed by atoms with E-state index in [-0.39, 0.29) is 6.42 Å². The van der Waals surface area contributed by atoms with E-state index in [2.05, 4.69) is 31.3 Å². The maximum Gasteiger partial charge on any atom is 0.249 e. The molecule has 9 unspecified atom stereocenters. The first-order valence-electron chi connectivity index (χ1n) is 23.1. The van der Waals surface area contributed by atoms with Crippen molar-refractivity contribution in [3.05, 3.63) is 12.2 Å². The number of hydrogen-bond acceptors (Lipinski definition) is 10. The van der Waals surface area contributed by atoms with Crippen molar-refractivity contribution >= 4 is 5.91 Å². The Morgan fingerprint density at radius 3 is 1.50 bits per heavy atom. The van der Waals surface area contributed by atoms with Crippen LogP contribution >= 0.6 is 0 Å². The molecule has 11 nitrogen and oxygen atoms in total. The Hall–Kier alpha value is -1.15. The van der Waals surface area contributed by atoms with E-state index in [4.69, 9.17) is 9.47 Å². The van der Waals surface area contributed by atoms with E-state index < -0.39 is 74.2 Å². The van der Waals surface area contributed by atoms with Gasteiger partial charge >= 0.3 is 0 Å². The summed E-state index contributed by atoms with van der Waals surface area (Å²) in [7, 11) is 0. The SMILES string of the molecule is CCCCCCCCCCCCC/C=C\CCCCCCCCC(O)C(=O)NC(COC1OC(CO)C(O)C(O)C1O)C(O)C(O)CCCCCCCCCC. The second kappa shape index (κ2) is 35.8. The summed E-state index contributed by atoms with van der Waals surface area (Å²) in [4.78, 5) is 13.0. The predicted octanol–water partition coefficient (Wildman–Crippen LogP) is 7.28. The van der Waals surface area contributed by atoms with Crippen LogP contribution in [0.4, 0.5) is 0 Å². The van der Waals surface area contributed by atoms with Gasteiger partial charge < -0.3 is 50.5 Å². The fourth-order valence-corrected chi connectivity index (χ4v) is 7.43. The summed E-state index contributed by atoms with van der Waals surface area (Å²) in [5, 5.41) is 75.3. The molecule has 0 bridgehead atoms. The molecule has 1 fully saturated rings. The Morgan fingerprint density at radius 2 is 1.04 bits per heavy atom. The van der Waals surface area contributed by atoms with Crippen LogP contribution in [0, 0.1) is 0 Å². The van der Waals surface area contributed by atoms with Gasteiger partial charge in [-0.25, -0.2) is 0 Å². The smallest absolute Gasteiger partial charge is 0.249 e. The summed E-state index contributed by atoms with van der Waals surface area (Å²) in [6, 6.07) is -1.16. The fraction of sp³-hybridized carbons (Fsp3) is 0.933. The number of aliphatic hydroxyl groups is 7. The van der Waals surface area contributed by atoms with Crippen molar-refractivity contribution in [2.75, 3.05) is 13.2 Å². The lowest BCUT2D eigenvalue weighted by molar-refractivity contribution is -0.303. The molecule has 1 aliphatic rings. The summed E-state index contributed by atoms with van der Waals surface area (Å²) in [5.41, 5.74) is 0. The number of aliphatic hydroxyl groups excluding tert-OH is 7. The molecule has 1 heterocycles. The van der Waals surface area contributed by atoms with E-state index in [1.807, 2.05) is 0 Å². The minimum absolute atomic E-state index is 0.255. The monoisotopic (exact) mass is 802 g/mol. The molecule has 0 aliphatic carbocycles. The highest BCUT2D eigenvalue weighted by Crippen LogP contribution is 2.23. The first-order chi connectivity index (χ1) is 27.2. The van der Waals surface area contributed by atoms with E-state index in [9.17, 15) is 40.5 Å². The average Bonchev–Trinajstić information content (AvgIpc) is 3.20. The molecule has 0 aromatic heterocycles. The number of nitrogens with one attached hydrogen (secondary N) is 1. The van der Waals surface area contributed by atoms with E-state index in [1.54, 1.807) is 0 Å². The molecule has 0 saturated carbocycles. The number of carbonyl (C=O) groups excluding carboxylic acids is 1. The van der Waals surface area contributed by atoms with Gasteiger partial charge in [0.1, 0.15) is 36.6 Å². The van der Waals surface area contributed by atoms with Crippen molar-refractivity contribution < 1.29 is 50.0 Å². The third-order valence-electron chi connectivity index (χ3n) is 11.3. The molecule has 1 rings (SSSR count). The van der Waals surface area contributed by atoms with Crippen molar-refractivity contribution in [1.82, 2.24) is 5.32 Å². The minimum Gasteiger partial charge on any atom is -0.394 e. The molecule has 332 valence electrons. The van der Waals surface area contributed by atoms with Gasteiger partial charge in [0.25, 0.3) is 0 Å². The summed E-state index contributed by atoms with van der Waals surface area (Å²) in [5.74, 6) is -0.703. The first-order valence-corrected chi connectivity index (χ1v) is 23.1. The Morgan fingerprint density at radius 1 is 0.607 bits per heavy atom. The molecule has 56 heavy (non-hydrogen) atoms. The molecule has 11 heteroatoms. The molecule has 0 aromatic rings. The van der Waals surface area contributed by atoms with Gasteiger partial charge in [-0.15, -0.1) is 0 Å². The van der Waals surface area contributed by atoms with Crippen LogP contribution in [0.25, 0.3) is 0 Å². The second-order valence-electron chi connectivity index (χ2n) is 16.5. The zero-order chi connectivity index (χ0) is 41.2. The summed E-state index contributed by atoms with van der Waals surface area (Å²) in [6.45, 7) is 3.39. The van der Waals surface area contributed by atoms with Crippen LogP contribution < -0.4 is 5.32 Å². The van der Waals surface area contributed by atoms with Crippen LogP contribution in [0.1, 0.15) is 200 Å². The highest BCUT2D eigenvalue weighted by atomic mass is 16.7. The lowest BCUT2D eigenvalue weighted by Crippen LogP contribution is -2.60. The number of allylic oxidation sites excluding steroid dienone is 2. The van der Waals surface area contributed by atoms with Crippen molar-refractivity contribution in [2.45, 2.75) is 255 Å². The third kappa shape index (κ3) is 25.4.